The summed E-state index contributed by atoms with van der Waals surface area (Å²) in [4.78, 5) is 12.4. The van der Waals surface area contributed by atoms with Crippen LogP contribution in [-0.2, 0) is 6.61 Å². The van der Waals surface area contributed by atoms with Crippen LogP contribution in [0, 0.1) is 0 Å². The quantitative estimate of drug-likeness (QED) is 0.323. The largest absolute Gasteiger partial charge is 0.493 e. The van der Waals surface area contributed by atoms with Gasteiger partial charge in [-0.2, -0.15) is 5.10 Å². The van der Waals surface area contributed by atoms with Crippen molar-refractivity contribution < 1.29 is 23.7 Å². The van der Waals surface area contributed by atoms with Crippen molar-refractivity contribution in [3.8, 4) is 23.0 Å². The highest BCUT2D eigenvalue weighted by Gasteiger charge is 2.13. The van der Waals surface area contributed by atoms with Gasteiger partial charge in [-0.05, 0) is 53.6 Å². The first-order valence-electron chi connectivity index (χ1n) is 9.75. The average Bonchev–Trinajstić information content (AvgIpc) is 2.82. The number of nitrogens with one attached hydrogen (secondary N) is 1. The molecule has 0 aliphatic rings. The summed E-state index contributed by atoms with van der Waals surface area (Å²) < 4.78 is 21.6. The number of carbonyl (C=O) groups excluding carboxylic acids is 1. The summed E-state index contributed by atoms with van der Waals surface area (Å²) in [5.74, 6) is 1.38. The Balaban J connectivity index is 1.69. The van der Waals surface area contributed by atoms with E-state index in [4.69, 9.17) is 42.1 Å². The summed E-state index contributed by atoms with van der Waals surface area (Å²) in [5.41, 5.74) is 4.34. The summed E-state index contributed by atoms with van der Waals surface area (Å²) in [6, 6.07) is 15.5. The van der Waals surface area contributed by atoms with Gasteiger partial charge < -0.3 is 18.9 Å². The van der Waals surface area contributed by atoms with Crippen molar-refractivity contribution >= 4 is 35.3 Å². The summed E-state index contributed by atoms with van der Waals surface area (Å²) in [6.45, 7) is 0.269. The van der Waals surface area contributed by atoms with Crippen LogP contribution in [0.25, 0.3) is 0 Å². The number of ether oxygens (including phenoxy) is 4. The van der Waals surface area contributed by atoms with Gasteiger partial charge in [0.05, 0.1) is 32.6 Å². The molecule has 9 heteroatoms. The van der Waals surface area contributed by atoms with Gasteiger partial charge in [0.15, 0.2) is 23.0 Å². The molecular formula is C24H22Cl2N2O5. The molecule has 0 saturated heterocycles. The molecule has 0 aliphatic heterocycles. The van der Waals surface area contributed by atoms with Gasteiger partial charge in [0, 0.05) is 10.6 Å². The first kappa shape index (κ1) is 24.2. The first-order chi connectivity index (χ1) is 15.9. The average molecular weight is 489 g/mol. The lowest BCUT2D eigenvalue weighted by atomic mass is 10.2. The molecule has 0 bridgehead atoms. The number of halogens is 2. The lowest BCUT2D eigenvalue weighted by molar-refractivity contribution is 0.0954. The second-order valence-electron chi connectivity index (χ2n) is 6.72. The smallest absolute Gasteiger partial charge is 0.271 e. The van der Waals surface area contributed by atoms with E-state index < -0.39 is 5.91 Å². The van der Waals surface area contributed by atoms with Crippen molar-refractivity contribution in [2.24, 2.45) is 5.10 Å². The van der Waals surface area contributed by atoms with Crippen LogP contribution in [0.3, 0.4) is 0 Å². The Hall–Kier alpha value is -3.42. The van der Waals surface area contributed by atoms with E-state index in [0.717, 1.165) is 5.56 Å². The van der Waals surface area contributed by atoms with Gasteiger partial charge in [-0.25, -0.2) is 5.43 Å². The molecular weight excluding hydrogens is 467 g/mol. The van der Waals surface area contributed by atoms with Gasteiger partial charge in [0.2, 0.25) is 0 Å². The molecule has 33 heavy (non-hydrogen) atoms. The second kappa shape index (κ2) is 11.4. The van der Waals surface area contributed by atoms with Crippen molar-refractivity contribution in [3.63, 3.8) is 0 Å². The molecule has 3 aromatic carbocycles. The number of rotatable bonds is 9. The van der Waals surface area contributed by atoms with Gasteiger partial charge in [0.1, 0.15) is 6.61 Å². The Morgan fingerprint density at radius 2 is 1.70 bits per heavy atom. The van der Waals surface area contributed by atoms with Crippen LogP contribution in [0.5, 0.6) is 23.0 Å². The van der Waals surface area contributed by atoms with E-state index in [1.54, 1.807) is 36.4 Å². The fourth-order valence-electron chi connectivity index (χ4n) is 2.94. The maximum atomic E-state index is 12.4. The third-order valence-corrected chi connectivity index (χ3v) is 5.07. The van der Waals surface area contributed by atoms with E-state index in [9.17, 15) is 4.79 Å². The lowest BCUT2D eigenvalue weighted by Gasteiger charge is -2.13. The zero-order chi connectivity index (χ0) is 23.8. The highest BCUT2D eigenvalue weighted by molar-refractivity contribution is 6.32. The second-order valence-corrected chi connectivity index (χ2v) is 7.57. The van der Waals surface area contributed by atoms with E-state index in [-0.39, 0.29) is 6.61 Å². The third-order valence-electron chi connectivity index (χ3n) is 4.55. The summed E-state index contributed by atoms with van der Waals surface area (Å²) >= 11 is 12.4. The van der Waals surface area contributed by atoms with Crippen LogP contribution < -0.4 is 24.4 Å². The van der Waals surface area contributed by atoms with Gasteiger partial charge in [0.25, 0.3) is 5.91 Å². The topological polar surface area (TPSA) is 78.4 Å². The minimum atomic E-state index is -0.410. The summed E-state index contributed by atoms with van der Waals surface area (Å²) in [5, 5.41) is 4.96. The van der Waals surface area contributed by atoms with E-state index >= 15 is 0 Å². The third kappa shape index (κ3) is 6.31. The Kier molecular flexibility index (Phi) is 8.40. The monoisotopic (exact) mass is 488 g/mol. The molecule has 0 heterocycles. The molecule has 1 N–H and O–H groups in total. The number of hydrogen-bond acceptors (Lipinski definition) is 6. The van der Waals surface area contributed by atoms with Crippen LogP contribution in [0.1, 0.15) is 21.5 Å². The van der Waals surface area contributed by atoms with Crippen LogP contribution in [0.2, 0.25) is 10.0 Å². The molecule has 7 nitrogen and oxygen atoms in total. The Morgan fingerprint density at radius 3 is 2.39 bits per heavy atom. The minimum absolute atomic E-state index is 0.269. The molecule has 3 rings (SSSR count). The van der Waals surface area contributed by atoms with Crippen LogP contribution in [-0.4, -0.2) is 33.5 Å². The molecule has 172 valence electrons. The highest BCUT2D eigenvalue weighted by atomic mass is 35.5. The van der Waals surface area contributed by atoms with E-state index in [2.05, 4.69) is 10.5 Å². The van der Waals surface area contributed by atoms with Crippen molar-refractivity contribution in [2.75, 3.05) is 21.3 Å². The lowest BCUT2D eigenvalue weighted by Crippen LogP contribution is -2.17. The summed E-state index contributed by atoms with van der Waals surface area (Å²) in [6.07, 6.45) is 1.45. The van der Waals surface area contributed by atoms with Crippen LogP contribution in [0.4, 0.5) is 0 Å². The fraction of sp³-hybridized carbons (Fsp3) is 0.167. The molecule has 0 saturated carbocycles. The molecule has 0 fully saturated rings. The number of nitrogens with zero attached hydrogens (tertiary/aromatic N) is 1. The molecule has 3 aromatic rings. The number of hydrogen-bond donors (Lipinski definition) is 1. The molecule has 0 unspecified atom stereocenters. The Bertz CT molecular complexity index is 1170. The normalized spacial score (nSPS) is 10.7. The minimum Gasteiger partial charge on any atom is -0.493 e. The predicted molar refractivity (Wildman–Crippen MR) is 128 cm³/mol. The number of benzene rings is 3. The maximum absolute atomic E-state index is 12.4. The summed E-state index contributed by atoms with van der Waals surface area (Å²) in [7, 11) is 4.53. The Labute approximate surface area is 201 Å². The maximum Gasteiger partial charge on any atom is 0.271 e. The zero-order valence-electron chi connectivity index (χ0n) is 18.2. The van der Waals surface area contributed by atoms with Gasteiger partial charge in [-0.1, -0.05) is 35.3 Å². The number of hydrazone groups is 1. The fourth-order valence-corrected chi connectivity index (χ4v) is 3.43. The highest BCUT2D eigenvalue weighted by Crippen LogP contribution is 2.36. The van der Waals surface area contributed by atoms with Crippen LogP contribution in [0.15, 0.2) is 59.7 Å². The number of methoxy groups -OCH3 is 3. The molecule has 0 atom stereocenters. The standard InChI is InChI=1S/C24H22Cl2N2O5/c1-30-20-8-7-17(12-21(20)31-2)24(29)28-27-13-16-10-19(26)23(22(11-16)32-3)33-14-15-5-4-6-18(25)9-15/h4-13H,14H2,1-3H3,(H,28,29)/b27-13+. The number of amides is 1. The predicted octanol–water partition coefficient (Wildman–Crippen LogP) is 5.36. The molecule has 0 radical (unpaired) electrons. The van der Waals surface area contributed by atoms with E-state index in [1.807, 2.05) is 18.2 Å². The SMILES string of the molecule is COc1ccc(C(=O)N/N=C/c2cc(Cl)c(OCc3cccc(Cl)c3)c(OC)c2)cc1OC. The van der Waals surface area contributed by atoms with Crippen molar-refractivity contribution in [2.45, 2.75) is 6.61 Å². The van der Waals surface area contributed by atoms with Crippen molar-refractivity contribution in [1.82, 2.24) is 5.43 Å². The molecule has 0 aliphatic carbocycles. The van der Waals surface area contributed by atoms with Crippen molar-refractivity contribution in [1.29, 1.82) is 0 Å². The van der Waals surface area contributed by atoms with Gasteiger partial charge >= 0.3 is 0 Å². The van der Waals surface area contributed by atoms with Gasteiger partial charge in [-0.3, -0.25) is 4.79 Å². The van der Waals surface area contributed by atoms with Gasteiger partial charge in [-0.15, -0.1) is 0 Å². The number of carbonyl (C=O) groups is 1. The Morgan fingerprint density at radius 1 is 0.939 bits per heavy atom. The van der Waals surface area contributed by atoms with Crippen LogP contribution >= 0.6 is 23.2 Å². The van der Waals surface area contributed by atoms with Crippen molar-refractivity contribution in [3.05, 3.63) is 81.3 Å². The van der Waals surface area contributed by atoms with E-state index in [0.29, 0.717) is 44.2 Å². The molecule has 1 amide bonds. The first-order valence-corrected chi connectivity index (χ1v) is 10.5. The van der Waals surface area contributed by atoms with E-state index in [1.165, 1.54) is 27.5 Å². The zero-order valence-corrected chi connectivity index (χ0v) is 19.7. The molecule has 0 aromatic heterocycles. The molecule has 0 spiro atoms.